The normalized spacial score (nSPS) is 10.6. The highest BCUT2D eigenvalue weighted by atomic mass is 35.5. The van der Waals surface area contributed by atoms with Crippen LogP contribution in [0.3, 0.4) is 0 Å². The molecule has 0 radical (unpaired) electrons. The first-order valence-corrected chi connectivity index (χ1v) is 5.85. The van der Waals surface area contributed by atoms with Gasteiger partial charge >= 0.3 is 5.97 Å². The summed E-state index contributed by atoms with van der Waals surface area (Å²) in [5.74, 6) is -0.162. The van der Waals surface area contributed by atoms with Crippen molar-refractivity contribution in [2.75, 3.05) is 20.7 Å². The molecule has 0 spiro atoms. The number of aromatic nitrogens is 1. The molecular formula is C12H17ClN2O2. The first-order chi connectivity index (χ1) is 8.11. The van der Waals surface area contributed by atoms with Gasteiger partial charge in [0.1, 0.15) is 5.15 Å². The molecule has 0 atom stereocenters. The number of halogens is 1. The van der Waals surface area contributed by atoms with Gasteiger partial charge in [0, 0.05) is 19.2 Å². The van der Waals surface area contributed by atoms with Crippen molar-refractivity contribution in [3.05, 3.63) is 29.0 Å². The second kappa shape index (κ2) is 7.25. The summed E-state index contributed by atoms with van der Waals surface area (Å²) in [6.07, 6.45) is 2.94. The zero-order chi connectivity index (χ0) is 12.7. The number of rotatable bonds is 6. The SMILES string of the molecule is COC(=O)CCCN(C)Cc1ccnc(Cl)c1. The van der Waals surface area contributed by atoms with Gasteiger partial charge < -0.3 is 9.64 Å². The molecule has 1 heterocycles. The number of hydrogen-bond donors (Lipinski definition) is 0. The van der Waals surface area contributed by atoms with E-state index in [1.165, 1.54) is 7.11 Å². The first kappa shape index (κ1) is 13.9. The molecular weight excluding hydrogens is 240 g/mol. The van der Waals surface area contributed by atoms with Crippen LogP contribution in [0.15, 0.2) is 18.3 Å². The third kappa shape index (κ3) is 5.65. The van der Waals surface area contributed by atoms with Crippen molar-refractivity contribution >= 4 is 17.6 Å². The minimum atomic E-state index is -0.162. The van der Waals surface area contributed by atoms with E-state index in [4.69, 9.17) is 11.6 Å². The molecule has 0 amide bonds. The van der Waals surface area contributed by atoms with Crippen LogP contribution in [-0.2, 0) is 16.1 Å². The molecule has 5 heteroatoms. The van der Waals surface area contributed by atoms with Crippen LogP contribution in [0.2, 0.25) is 5.15 Å². The molecule has 0 fully saturated rings. The molecule has 0 saturated carbocycles. The van der Waals surface area contributed by atoms with Gasteiger partial charge in [-0.15, -0.1) is 0 Å². The zero-order valence-electron chi connectivity index (χ0n) is 10.1. The van der Waals surface area contributed by atoms with E-state index in [0.29, 0.717) is 11.6 Å². The minimum absolute atomic E-state index is 0.162. The van der Waals surface area contributed by atoms with E-state index < -0.39 is 0 Å². The standard InChI is InChI=1S/C12H17ClN2O2/c1-15(7-3-4-12(16)17-2)9-10-5-6-14-11(13)8-10/h5-6,8H,3-4,7,9H2,1-2H3. The molecule has 0 unspecified atom stereocenters. The predicted octanol–water partition coefficient (Wildman–Crippen LogP) is 2.12. The lowest BCUT2D eigenvalue weighted by Crippen LogP contribution is -2.20. The third-order valence-corrected chi connectivity index (χ3v) is 2.60. The fourth-order valence-corrected chi connectivity index (χ4v) is 1.72. The van der Waals surface area contributed by atoms with Gasteiger partial charge in [-0.25, -0.2) is 4.98 Å². The molecule has 0 N–H and O–H groups in total. The lowest BCUT2D eigenvalue weighted by Gasteiger charge is -2.16. The highest BCUT2D eigenvalue weighted by Gasteiger charge is 2.04. The Labute approximate surface area is 107 Å². The lowest BCUT2D eigenvalue weighted by molar-refractivity contribution is -0.140. The van der Waals surface area contributed by atoms with Crippen LogP contribution in [0, 0.1) is 0 Å². The van der Waals surface area contributed by atoms with Crippen LogP contribution in [0.1, 0.15) is 18.4 Å². The van der Waals surface area contributed by atoms with Gasteiger partial charge in [-0.1, -0.05) is 11.6 Å². The second-order valence-electron chi connectivity index (χ2n) is 3.90. The van der Waals surface area contributed by atoms with Crippen LogP contribution in [-0.4, -0.2) is 36.6 Å². The van der Waals surface area contributed by atoms with Crippen molar-refractivity contribution in [3.8, 4) is 0 Å². The number of carbonyl (C=O) groups excluding carboxylic acids is 1. The summed E-state index contributed by atoms with van der Waals surface area (Å²) >= 11 is 5.80. The van der Waals surface area contributed by atoms with Crippen molar-refractivity contribution in [2.24, 2.45) is 0 Å². The molecule has 0 aromatic carbocycles. The Kier molecular flexibility index (Phi) is 5.94. The molecule has 1 aromatic rings. The molecule has 0 aliphatic rings. The Morgan fingerprint density at radius 3 is 3.00 bits per heavy atom. The van der Waals surface area contributed by atoms with Crippen LogP contribution >= 0.6 is 11.6 Å². The number of esters is 1. The molecule has 0 saturated heterocycles. The molecule has 94 valence electrons. The van der Waals surface area contributed by atoms with Crippen LogP contribution in [0.25, 0.3) is 0 Å². The van der Waals surface area contributed by atoms with E-state index in [9.17, 15) is 4.79 Å². The maximum absolute atomic E-state index is 10.9. The van der Waals surface area contributed by atoms with E-state index in [-0.39, 0.29) is 5.97 Å². The Morgan fingerprint density at radius 1 is 1.59 bits per heavy atom. The number of carbonyl (C=O) groups is 1. The number of ether oxygens (including phenoxy) is 1. The summed E-state index contributed by atoms with van der Waals surface area (Å²) in [5.41, 5.74) is 1.12. The van der Waals surface area contributed by atoms with Crippen molar-refractivity contribution in [1.29, 1.82) is 0 Å². The Balaban J connectivity index is 2.29. The molecule has 0 aliphatic heterocycles. The Hall–Kier alpha value is -1.13. The number of methoxy groups -OCH3 is 1. The van der Waals surface area contributed by atoms with Crippen molar-refractivity contribution < 1.29 is 9.53 Å². The van der Waals surface area contributed by atoms with Gasteiger partial charge in [0.15, 0.2) is 0 Å². The van der Waals surface area contributed by atoms with Gasteiger partial charge in [-0.3, -0.25) is 4.79 Å². The summed E-state index contributed by atoms with van der Waals surface area (Å²) in [4.78, 5) is 17.0. The fraction of sp³-hybridized carbons (Fsp3) is 0.500. The number of nitrogens with zero attached hydrogens (tertiary/aromatic N) is 2. The third-order valence-electron chi connectivity index (χ3n) is 2.39. The smallest absolute Gasteiger partial charge is 0.305 e. The van der Waals surface area contributed by atoms with Crippen molar-refractivity contribution in [1.82, 2.24) is 9.88 Å². The summed E-state index contributed by atoms with van der Waals surface area (Å²) in [7, 11) is 3.41. The van der Waals surface area contributed by atoms with Gasteiger partial charge in [-0.2, -0.15) is 0 Å². The topological polar surface area (TPSA) is 42.4 Å². The maximum atomic E-state index is 10.9. The van der Waals surface area contributed by atoms with Gasteiger partial charge in [-0.05, 0) is 37.7 Å². The fourth-order valence-electron chi connectivity index (χ4n) is 1.53. The highest BCUT2D eigenvalue weighted by Crippen LogP contribution is 2.09. The summed E-state index contributed by atoms with van der Waals surface area (Å²) in [6.45, 7) is 1.64. The second-order valence-corrected chi connectivity index (χ2v) is 4.29. The summed E-state index contributed by atoms with van der Waals surface area (Å²) in [6, 6.07) is 3.78. The van der Waals surface area contributed by atoms with Crippen LogP contribution < -0.4 is 0 Å². The van der Waals surface area contributed by atoms with Crippen LogP contribution in [0.4, 0.5) is 0 Å². The molecule has 17 heavy (non-hydrogen) atoms. The zero-order valence-corrected chi connectivity index (χ0v) is 10.9. The maximum Gasteiger partial charge on any atom is 0.305 e. The molecule has 1 aromatic heterocycles. The van der Waals surface area contributed by atoms with E-state index in [2.05, 4.69) is 14.6 Å². The average Bonchev–Trinajstić information content (AvgIpc) is 2.28. The average molecular weight is 257 g/mol. The van der Waals surface area contributed by atoms with Gasteiger partial charge in [0.05, 0.1) is 7.11 Å². The van der Waals surface area contributed by atoms with Crippen molar-refractivity contribution in [3.63, 3.8) is 0 Å². The molecule has 0 aliphatic carbocycles. The number of pyridine rings is 1. The predicted molar refractivity (Wildman–Crippen MR) is 66.8 cm³/mol. The van der Waals surface area contributed by atoms with Gasteiger partial charge in [0.2, 0.25) is 0 Å². The molecule has 4 nitrogen and oxygen atoms in total. The van der Waals surface area contributed by atoms with E-state index >= 15 is 0 Å². The van der Waals surface area contributed by atoms with E-state index in [1.54, 1.807) is 6.20 Å². The number of hydrogen-bond acceptors (Lipinski definition) is 4. The van der Waals surface area contributed by atoms with Gasteiger partial charge in [0.25, 0.3) is 0 Å². The Bertz CT molecular complexity index is 371. The monoisotopic (exact) mass is 256 g/mol. The summed E-state index contributed by atoms with van der Waals surface area (Å²) < 4.78 is 4.58. The van der Waals surface area contributed by atoms with E-state index in [0.717, 1.165) is 25.1 Å². The summed E-state index contributed by atoms with van der Waals surface area (Å²) in [5, 5.41) is 0.505. The Morgan fingerprint density at radius 2 is 2.35 bits per heavy atom. The molecule has 1 rings (SSSR count). The van der Waals surface area contributed by atoms with E-state index in [1.807, 2.05) is 19.2 Å². The quantitative estimate of drug-likeness (QED) is 0.578. The largest absolute Gasteiger partial charge is 0.469 e. The minimum Gasteiger partial charge on any atom is -0.469 e. The molecule has 0 bridgehead atoms. The van der Waals surface area contributed by atoms with Crippen molar-refractivity contribution in [2.45, 2.75) is 19.4 Å². The highest BCUT2D eigenvalue weighted by molar-refractivity contribution is 6.29. The lowest BCUT2D eigenvalue weighted by atomic mass is 10.2. The first-order valence-electron chi connectivity index (χ1n) is 5.47. The van der Waals surface area contributed by atoms with Crippen LogP contribution in [0.5, 0.6) is 0 Å².